The number of halogens is 1. The van der Waals surface area contributed by atoms with E-state index < -0.39 is 0 Å². The van der Waals surface area contributed by atoms with E-state index in [1.54, 1.807) is 11.3 Å². The van der Waals surface area contributed by atoms with Crippen LogP contribution in [0.3, 0.4) is 0 Å². The molecule has 0 bridgehead atoms. The van der Waals surface area contributed by atoms with Crippen LogP contribution in [-0.4, -0.2) is 46.9 Å². The van der Waals surface area contributed by atoms with Crippen LogP contribution in [0.4, 0.5) is 5.69 Å². The van der Waals surface area contributed by atoms with Crippen LogP contribution < -0.4 is 10.2 Å². The minimum absolute atomic E-state index is 0.0873. The van der Waals surface area contributed by atoms with E-state index in [1.165, 1.54) is 16.2 Å². The second-order valence-electron chi connectivity index (χ2n) is 9.82. The molecule has 182 valence electrons. The van der Waals surface area contributed by atoms with Crippen molar-refractivity contribution in [2.45, 2.75) is 64.1 Å². The van der Waals surface area contributed by atoms with Crippen molar-refractivity contribution in [3.63, 3.8) is 0 Å². The third-order valence-corrected chi connectivity index (χ3v) is 9.00. The molecule has 2 atom stereocenters. The van der Waals surface area contributed by atoms with E-state index in [-0.39, 0.29) is 11.8 Å². The molecule has 35 heavy (non-hydrogen) atoms. The molecule has 3 aromatic rings. The molecule has 0 spiro atoms. The lowest BCUT2D eigenvalue weighted by Gasteiger charge is -2.38. The number of benzene rings is 1. The Labute approximate surface area is 214 Å². The van der Waals surface area contributed by atoms with Gasteiger partial charge in [-0.25, -0.2) is 0 Å². The molecule has 0 radical (unpaired) electrons. The molecule has 6 rings (SSSR count). The fourth-order valence-electron chi connectivity index (χ4n) is 5.89. The van der Waals surface area contributed by atoms with Gasteiger partial charge in [0.05, 0.1) is 16.8 Å². The number of hydrogen-bond acceptors (Lipinski definition) is 6. The van der Waals surface area contributed by atoms with Gasteiger partial charge < -0.3 is 10.2 Å². The van der Waals surface area contributed by atoms with Gasteiger partial charge in [-0.3, -0.25) is 19.5 Å². The summed E-state index contributed by atoms with van der Waals surface area (Å²) in [6, 6.07) is 9.38. The van der Waals surface area contributed by atoms with Crippen molar-refractivity contribution in [2.75, 3.05) is 18.0 Å². The number of nitrogens with zero attached hydrogens (tertiary/aromatic N) is 3. The van der Waals surface area contributed by atoms with Crippen molar-refractivity contribution in [1.82, 2.24) is 15.2 Å². The third kappa shape index (κ3) is 4.13. The van der Waals surface area contributed by atoms with Gasteiger partial charge in [-0.1, -0.05) is 18.5 Å². The van der Waals surface area contributed by atoms with E-state index in [1.807, 2.05) is 12.3 Å². The zero-order chi connectivity index (χ0) is 24.1. The molecule has 2 aromatic heterocycles. The van der Waals surface area contributed by atoms with E-state index >= 15 is 0 Å². The number of fused-ring (bicyclic) bond motifs is 2. The monoisotopic (exact) mass is 508 g/mol. The van der Waals surface area contributed by atoms with Crippen LogP contribution in [0.15, 0.2) is 30.5 Å². The van der Waals surface area contributed by atoms with E-state index in [9.17, 15) is 9.59 Å². The van der Waals surface area contributed by atoms with Crippen LogP contribution in [0.2, 0.25) is 5.02 Å². The van der Waals surface area contributed by atoms with Gasteiger partial charge in [-0.05, 0) is 55.5 Å². The van der Waals surface area contributed by atoms with Gasteiger partial charge in [0.1, 0.15) is 0 Å². The predicted octanol–water partition coefficient (Wildman–Crippen LogP) is 5.16. The fourth-order valence-corrected chi connectivity index (χ4v) is 7.26. The van der Waals surface area contributed by atoms with Crippen molar-refractivity contribution in [1.29, 1.82) is 0 Å². The summed E-state index contributed by atoms with van der Waals surface area (Å²) in [5, 5.41) is 4.45. The first kappa shape index (κ1) is 23.0. The Hall–Kier alpha value is -2.48. The molecule has 3 aliphatic rings. The quantitative estimate of drug-likeness (QED) is 0.482. The maximum atomic E-state index is 12.2. The molecule has 0 saturated carbocycles. The standard InChI is InChI=1S/C27H29ClN4O2S/c1-2-18-12-19(14-30-18)31-9-3-4-16-10-17(28)11-22(26(16)31)21-7-8-29-23-13-20(35-27(21)23)15-32-24(33)5-6-25(32)34/h7-8,10-11,13,18-19,30H,2-6,9,12,14-15H2,1H3/t18-,19+/m1/s1. The van der Waals surface area contributed by atoms with Gasteiger partial charge in [-0.15, -0.1) is 11.3 Å². The summed E-state index contributed by atoms with van der Waals surface area (Å²) in [6.45, 7) is 4.63. The largest absolute Gasteiger partial charge is 0.366 e. The number of hydrogen-bond donors (Lipinski definition) is 1. The highest BCUT2D eigenvalue weighted by Crippen LogP contribution is 2.45. The number of carbonyl (C=O) groups is 2. The lowest BCUT2D eigenvalue weighted by atomic mass is 9.92. The molecule has 2 fully saturated rings. The lowest BCUT2D eigenvalue weighted by Crippen LogP contribution is -2.40. The third-order valence-electron chi connectivity index (χ3n) is 7.64. The summed E-state index contributed by atoms with van der Waals surface area (Å²) >= 11 is 8.28. The Balaban J connectivity index is 1.43. The Morgan fingerprint density at radius 2 is 1.97 bits per heavy atom. The summed E-state index contributed by atoms with van der Waals surface area (Å²) in [4.78, 5) is 33.9. The Morgan fingerprint density at radius 3 is 2.74 bits per heavy atom. The van der Waals surface area contributed by atoms with Crippen molar-refractivity contribution >= 4 is 50.7 Å². The first-order valence-corrected chi connectivity index (χ1v) is 13.7. The van der Waals surface area contributed by atoms with E-state index in [2.05, 4.69) is 40.3 Å². The minimum atomic E-state index is -0.0873. The molecule has 1 N–H and O–H groups in total. The number of amides is 2. The smallest absolute Gasteiger partial charge is 0.230 e. The van der Waals surface area contributed by atoms with Gasteiger partial charge in [-0.2, -0.15) is 0 Å². The molecule has 8 heteroatoms. The summed E-state index contributed by atoms with van der Waals surface area (Å²) in [6.07, 6.45) is 6.94. The molecular weight excluding hydrogens is 480 g/mol. The molecule has 3 aliphatic heterocycles. The predicted molar refractivity (Wildman–Crippen MR) is 141 cm³/mol. The topological polar surface area (TPSA) is 65.5 Å². The Bertz CT molecular complexity index is 1310. The number of likely N-dealkylation sites (tertiary alicyclic amines) is 1. The van der Waals surface area contributed by atoms with E-state index in [0.717, 1.165) is 70.0 Å². The molecule has 2 amide bonds. The molecule has 1 aromatic carbocycles. The second-order valence-corrected chi connectivity index (χ2v) is 11.4. The number of thiophene rings is 1. The SMILES string of the molecule is CC[C@@H]1C[C@H](N2CCCc3cc(Cl)cc(-c4ccnc5cc(CN6C(=O)CCC6=O)sc45)c32)CN1. The molecular formula is C27H29ClN4O2S. The van der Waals surface area contributed by atoms with E-state index in [4.69, 9.17) is 11.6 Å². The van der Waals surface area contributed by atoms with Gasteiger partial charge in [0.15, 0.2) is 0 Å². The van der Waals surface area contributed by atoms with Crippen LogP contribution in [-0.2, 0) is 22.6 Å². The number of imide groups is 1. The lowest BCUT2D eigenvalue weighted by molar-refractivity contribution is -0.138. The highest BCUT2D eigenvalue weighted by molar-refractivity contribution is 7.19. The molecule has 0 unspecified atom stereocenters. The number of pyridine rings is 1. The average Bonchev–Trinajstić information content (AvgIpc) is 3.58. The number of aryl methyl sites for hydroxylation is 1. The van der Waals surface area contributed by atoms with Crippen LogP contribution in [0.25, 0.3) is 21.3 Å². The van der Waals surface area contributed by atoms with Crippen LogP contribution in [0.5, 0.6) is 0 Å². The Morgan fingerprint density at radius 1 is 1.14 bits per heavy atom. The molecule has 0 aliphatic carbocycles. The number of carbonyl (C=O) groups excluding carboxylic acids is 2. The molecule has 6 nitrogen and oxygen atoms in total. The van der Waals surface area contributed by atoms with Crippen LogP contribution in [0.1, 0.15) is 49.5 Å². The summed E-state index contributed by atoms with van der Waals surface area (Å²) in [5.41, 5.74) is 5.78. The number of rotatable bonds is 5. The van der Waals surface area contributed by atoms with Crippen molar-refractivity contribution in [3.8, 4) is 11.1 Å². The Kier molecular flexibility index (Phi) is 6.03. The fraction of sp³-hybridized carbons (Fsp3) is 0.444. The number of nitrogens with one attached hydrogen (secondary N) is 1. The number of anilines is 1. The summed E-state index contributed by atoms with van der Waals surface area (Å²) in [7, 11) is 0. The van der Waals surface area contributed by atoms with Gasteiger partial charge in [0.25, 0.3) is 0 Å². The van der Waals surface area contributed by atoms with Crippen molar-refractivity contribution in [3.05, 3.63) is 45.9 Å². The first-order valence-electron chi connectivity index (χ1n) is 12.5. The van der Waals surface area contributed by atoms with Gasteiger partial charge in [0, 0.05) is 70.9 Å². The zero-order valence-corrected chi connectivity index (χ0v) is 21.4. The maximum Gasteiger partial charge on any atom is 0.230 e. The highest BCUT2D eigenvalue weighted by atomic mass is 35.5. The summed E-state index contributed by atoms with van der Waals surface area (Å²) in [5.74, 6) is -0.175. The summed E-state index contributed by atoms with van der Waals surface area (Å²) < 4.78 is 1.08. The molecule has 5 heterocycles. The van der Waals surface area contributed by atoms with Crippen molar-refractivity contribution < 1.29 is 9.59 Å². The second kappa shape index (κ2) is 9.19. The number of aromatic nitrogens is 1. The molecule has 2 saturated heterocycles. The average molecular weight is 509 g/mol. The van der Waals surface area contributed by atoms with E-state index in [0.29, 0.717) is 31.5 Å². The van der Waals surface area contributed by atoms with Crippen LogP contribution >= 0.6 is 22.9 Å². The highest BCUT2D eigenvalue weighted by Gasteiger charge is 2.33. The maximum absolute atomic E-state index is 12.2. The van der Waals surface area contributed by atoms with Gasteiger partial charge >= 0.3 is 0 Å². The minimum Gasteiger partial charge on any atom is -0.366 e. The van der Waals surface area contributed by atoms with Crippen LogP contribution in [0, 0.1) is 0 Å². The van der Waals surface area contributed by atoms with Gasteiger partial charge in [0.2, 0.25) is 11.8 Å². The zero-order valence-electron chi connectivity index (χ0n) is 19.8. The normalized spacial score (nSPS) is 22.5. The van der Waals surface area contributed by atoms with Crippen molar-refractivity contribution in [2.24, 2.45) is 0 Å². The first-order chi connectivity index (χ1) is 17.0.